The molecule has 0 atom stereocenters. The lowest BCUT2D eigenvalue weighted by Gasteiger charge is -2.15. The van der Waals surface area contributed by atoms with Crippen molar-refractivity contribution in [3.63, 3.8) is 0 Å². The van der Waals surface area contributed by atoms with E-state index in [0.29, 0.717) is 0 Å². The van der Waals surface area contributed by atoms with E-state index in [1.165, 1.54) is 5.57 Å². The van der Waals surface area contributed by atoms with E-state index in [1.54, 1.807) is 0 Å². The lowest BCUT2D eigenvalue weighted by atomic mass is 10.0. The highest BCUT2D eigenvalue weighted by Gasteiger charge is 2.30. The molecule has 1 aliphatic rings. The Bertz CT molecular complexity index is 256. The fraction of sp³-hybridized carbons (Fsp3) is 0.455. The molecule has 1 heteroatoms. The van der Waals surface area contributed by atoms with Crippen molar-refractivity contribution in [3.8, 4) is 0 Å². The Hall–Kier alpha value is -0.980. The van der Waals surface area contributed by atoms with Crippen LogP contribution in [0, 0.1) is 0 Å². The summed E-state index contributed by atoms with van der Waals surface area (Å²) < 4.78 is 5.56. The molecule has 0 aromatic carbocycles. The molecule has 1 rings (SSSR count). The van der Waals surface area contributed by atoms with Crippen LogP contribution in [0.15, 0.2) is 36.1 Å². The minimum Gasteiger partial charge on any atom is -0.488 e. The highest BCUT2D eigenvalue weighted by Crippen LogP contribution is 2.36. The first-order valence-electron chi connectivity index (χ1n) is 4.15. The van der Waals surface area contributed by atoms with Crippen molar-refractivity contribution < 1.29 is 4.74 Å². The molecular formula is C11H16O. The average Bonchev–Trinajstić information content (AvgIpc) is 2.03. The highest BCUT2D eigenvalue weighted by atomic mass is 16.5. The summed E-state index contributed by atoms with van der Waals surface area (Å²) in [5.74, 6) is 0.794. The Balaban J connectivity index is 2.84. The van der Waals surface area contributed by atoms with Gasteiger partial charge < -0.3 is 4.74 Å². The SMILES string of the molecule is C=C(C)/C=C1/CC(C)(C)OC1=C. The average molecular weight is 164 g/mol. The molecule has 0 aromatic heterocycles. The first-order chi connectivity index (χ1) is 5.41. The molecule has 1 saturated heterocycles. The molecule has 0 radical (unpaired) electrons. The van der Waals surface area contributed by atoms with Crippen LogP contribution < -0.4 is 0 Å². The molecule has 0 unspecified atom stereocenters. The second-order valence-corrected chi connectivity index (χ2v) is 3.98. The van der Waals surface area contributed by atoms with Crippen LogP contribution in [0.25, 0.3) is 0 Å². The van der Waals surface area contributed by atoms with Gasteiger partial charge in [-0.3, -0.25) is 0 Å². The first-order valence-corrected chi connectivity index (χ1v) is 4.15. The minimum atomic E-state index is -0.0850. The van der Waals surface area contributed by atoms with Crippen molar-refractivity contribution in [3.05, 3.63) is 36.1 Å². The van der Waals surface area contributed by atoms with E-state index in [0.717, 1.165) is 17.8 Å². The predicted octanol–water partition coefficient (Wildman–Crippen LogP) is 3.20. The molecule has 0 saturated carbocycles. The van der Waals surface area contributed by atoms with E-state index >= 15 is 0 Å². The summed E-state index contributed by atoms with van der Waals surface area (Å²) in [4.78, 5) is 0. The molecule has 0 bridgehead atoms. The van der Waals surface area contributed by atoms with Crippen LogP contribution in [0.4, 0.5) is 0 Å². The molecule has 0 amide bonds. The van der Waals surface area contributed by atoms with Crippen molar-refractivity contribution in [1.29, 1.82) is 0 Å². The molecule has 0 spiro atoms. The summed E-state index contributed by atoms with van der Waals surface area (Å²) >= 11 is 0. The standard InChI is InChI=1S/C11H16O/c1-8(2)6-10-7-11(4,5)12-9(10)3/h6H,1,3,7H2,2,4-5H3/b10-6-. The minimum absolute atomic E-state index is 0.0850. The maximum atomic E-state index is 5.56. The fourth-order valence-corrected chi connectivity index (χ4v) is 1.42. The normalized spacial score (nSPS) is 24.2. The Morgan fingerprint density at radius 1 is 1.58 bits per heavy atom. The van der Waals surface area contributed by atoms with Gasteiger partial charge >= 0.3 is 0 Å². The second kappa shape index (κ2) is 2.81. The molecule has 1 heterocycles. The van der Waals surface area contributed by atoms with Gasteiger partial charge in [-0.15, -0.1) is 0 Å². The second-order valence-electron chi connectivity index (χ2n) is 3.98. The van der Waals surface area contributed by atoms with Gasteiger partial charge in [-0.1, -0.05) is 24.8 Å². The van der Waals surface area contributed by atoms with E-state index in [-0.39, 0.29) is 5.60 Å². The van der Waals surface area contributed by atoms with Crippen molar-refractivity contribution in [1.82, 2.24) is 0 Å². The summed E-state index contributed by atoms with van der Waals surface area (Å²) in [6.45, 7) is 13.8. The Morgan fingerprint density at radius 3 is 2.50 bits per heavy atom. The third-order valence-corrected chi connectivity index (χ3v) is 1.79. The molecule has 1 nitrogen and oxygen atoms in total. The van der Waals surface area contributed by atoms with Crippen LogP contribution in [-0.2, 0) is 4.74 Å². The third-order valence-electron chi connectivity index (χ3n) is 1.79. The molecule has 0 aliphatic carbocycles. The summed E-state index contributed by atoms with van der Waals surface area (Å²) in [7, 11) is 0. The molecule has 0 aromatic rings. The Kier molecular flexibility index (Phi) is 2.14. The topological polar surface area (TPSA) is 9.23 Å². The van der Waals surface area contributed by atoms with Gasteiger partial charge in [0.25, 0.3) is 0 Å². The number of allylic oxidation sites excluding steroid dienone is 3. The maximum absolute atomic E-state index is 5.56. The van der Waals surface area contributed by atoms with Crippen molar-refractivity contribution >= 4 is 0 Å². The summed E-state index contributed by atoms with van der Waals surface area (Å²) in [5.41, 5.74) is 2.14. The number of hydrogen-bond donors (Lipinski definition) is 0. The number of hydrogen-bond acceptors (Lipinski definition) is 1. The van der Waals surface area contributed by atoms with Gasteiger partial charge in [0.2, 0.25) is 0 Å². The van der Waals surface area contributed by atoms with Crippen LogP contribution in [-0.4, -0.2) is 5.60 Å². The van der Waals surface area contributed by atoms with Gasteiger partial charge in [0.15, 0.2) is 0 Å². The third kappa shape index (κ3) is 2.00. The van der Waals surface area contributed by atoms with Crippen LogP contribution in [0.5, 0.6) is 0 Å². The van der Waals surface area contributed by atoms with Gasteiger partial charge in [0.1, 0.15) is 11.4 Å². The summed E-state index contributed by atoms with van der Waals surface area (Å²) in [6.07, 6.45) is 2.97. The first kappa shape index (κ1) is 9.11. The molecular weight excluding hydrogens is 148 g/mol. The van der Waals surface area contributed by atoms with Crippen molar-refractivity contribution in [2.45, 2.75) is 32.8 Å². The molecule has 1 aliphatic heterocycles. The van der Waals surface area contributed by atoms with Gasteiger partial charge in [-0.25, -0.2) is 0 Å². The van der Waals surface area contributed by atoms with Crippen molar-refractivity contribution in [2.75, 3.05) is 0 Å². The maximum Gasteiger partial charge on any atom is 0.116 e. The molecule has 12 heavy (non-hydrogen) atoms. The summed E-state index contributed by atoms with van der Waals surface area (Å²) in [5, 5.41) is 0. The van der Waals surface area contributed by atoms with E-state index < -0.39 is 0 Å². The van der Waals surface area contributed by atoms with Gasteiger partial charge in [-0.2, -0.15) is 0 Å². The molecule has 1 fully saturated rings. The lowest BCUT2D eigenvalue weighted by Crippen LogP contribution is -2.15. The number of rotatable bonds is 1. The van der Waals surface area contributed by atoms with E-state index in [4.69, 9.17) is 4.74 Å². The number of ether oxygens (including phenoxy) is 1. The van der Waals surface area contributed by atoms with Crippen LogP contribution >= 0.6 is 0 Å². The zero-order valence-electron chi connectivity index (χ0n) is 8.11. The van der Waals surface area contributed by atoms with Crippen LogP contribution in [0.3, 0.4) is 0 Å². The molecule has 66 valence electrons. The van der Waals surface area contributed by atoms with E-state index in [2.05, 4.69) is 27.0 Å². The predicted molar refractivity (Wildman–Crippen MR) is 51.8 cm³/mol. The molecule has 0 N–H and O–H groups in total. The Labute approximate surface area is 74.4 Å². The van der Waals surface area contributed by atoms with Crippen molar-refractivity contribution in [2.24, 2.45) is 0 Å². The quantitative estimate of drug-likeness (QED) is 0.578. The zero-order chi connectivity index (χ0) is 9.35. The lowest BCUT2D eigenvalue weighted by molar-refractivity contribution is 0.0774. The largest absolute Gasteiger partial charge is 0.488 e. The van der Waals surface area contributed by atoms with Gasteiger partial charge in [0.05, 0.1) is 0 Å². The monoisotopic (exact) mass is 164 g/mol. The van der Waals surface area contributed by atoms with E-state index in [9.17, 15) is 0 Å². The highest BCUT2D eigenvalue weighted by molar-refractivity contribution is 5.35. The summed E-state index contributed by atoms with van der Waals surface area (Å²) in [6, 6.07) is 0. The van der Waals surface area contributed by atoms with Crippen LogP contribution in [0.2, 0.25) is 0 Å². The van der Waals surface area contributed by atoms with Gasteiger partial charge in [0, 0.05) is 6.42 Å². The smallest absolute Gasteiger partial charge is 0.116 e. The van der Waals surface area contributed by atoms with E-state index in [1.807, 2.05) is 13.0 Å². The van der Waals surface area contributed by atoms with Crippen LogP contribution in [0.1, 0.15) is 27.2 Å². The Morgan fingerprint density at radius 2 is 2.17 bits per heavy atom. The van der Waals surface area contributed by atoms with Gasteiger partial charge in [-0.05, 0) is 26.3 Å². The fourth-order valence-electron chi connectivity index (χ4n) is 1.42. The zero-order valence-corrected chi connectivity index (χ0v) is 8.11.